The van der Waals surface area contributed by atoms with Gasteiger partial charge < -0.3 is 48.5 Å². The smallest absolute Gasteiger partial charge is 0.320 e. The Morgan fingerprint density at radius 3 is 2.69 bits per heavy atom. The molecule has 1 saturated heterocycles. The number of aliphatic hydroxyl groups excluding tert-OH is 2. The van der Waals surface area contributed by atoms with Gasteiger partial charge in [-0.2, -0.15) is 0 Å². The summed E-state index contributed by atoms with van der Waals surface area (Å²) in [5.41, 5.74) is 12.1. The van der Waals surface area contributed by atoms with Gasteiger partial charge in [-0.3, -0.25) is 9.36 Å². The van der Waals surface area contributed by atoms with Gasteiger partial charge in [0.25, 0.3) is 0 Å². The molecule has 0 aliphatic carbocycles. The molecule has 2 aromatic rings. The van der Waals surface area contributed by atoms with Crippen LogP contribution < -0.4 is 28.4 Å². The Morgan fingerprint density at radius 1 is 1.34 bits per heavy atom. The number of ether oxygens (including phenoxy) is 1. The second-order valence-corrected chi connectivity index (χ2v) is 8.82. The van der Waals surface area contributed by atoms with Crippen molar-refractivity contribution in [1.29, 1.82) is 0 Å². The first kappa shape index (κ1) is 26.1. The summed E-state index contributed by atoms with van der Waals surface area (Å²) < 4.78 is 7.41. The Balaban J connectivity index is 0.00000210. The molecule has 1 fully saturated rings. The number of nitrogens with zero attached hydrogens (tertiary/aromatic N) is 4. The minimum atomic E-state index is -1.16. The first-order valence-electron chi connectivity index (χ1n) is 8.31. The normalized spacial score (nSPS) is 25.8. The Labute approximate surface area is 192 Å². The van der Waals surface area contributed by atoms with E-state index in [1.54, 1.807) is 0 Å². The molecule has 0 aromatic carbocycles. The van der Waals surface area contributed by atoms with E-state index in [1.807, 2.05) is 6.26 Å². The van der Waals surface area contributed by atoms with Crippen LogP contribution in [0.2, 0.25) is 0 Å². The molecule has 1 radical (unpaired) electrons. The zero-order valence-corrected chi connectivity index (χ0v) is 18.5. The SMILES string of the molecule is C[S+](CC[C@H](N)C(=O)O)C[C@H]1O[C@@H](n2cnc3c(N)ncnc32)[C@H](O)[C@@H]1O.[Br-].[Li]. The van der Waals surface area contributed by atoms with Crippen molar-refractivity contribution in [3.05, 3.63) is 12.7 Å². The van der Waals surface area contributed by atoms with E-state index in [2.05, 4.69) is 15.0 Å². The average molecular weight is 486 g/mol. The fourth-order valence-electron chi connectivity index (χ4n) is 2.97. The molecule has 1 aliphatic heterocycles. The van der Waals surface area contributed by atoms with Crippen molar-refractivity contribution in [3.8, 4) is 0 Å². The molecule has 0 spiro atoms. The number of fused-ring (bicyclic) bond motifs is 1. The third-order valence-electron chi connectivity index (χ3n) is 4.54. The van der Waals surface area contributed by atoms with Gasteiger partial charge in [-0.05, 0) is 10.9 Å². The van der Waals surface area contributed by atoms with E-state index in [-0.39, 0.29) is 52.6 Å². The number of hydrogen-bond acceptors (Lipinski definition) is 9. The Kier molecular flexibility index (Phi) is 9.84. The number of carboxylic acid groups (broad SMARTS) is 1. The molecule has 0 bridgehead atoms. The number of nitrogen functional groups attached to an aromatic ring is 1. The zero-order chi connectivity index (χ0) is 19.7. The molecular weight excluding hydrogens is 463 g/mol. The van der Waals surface area contributed by atoms with Crippen LogP contribution in [0.5, 0.6) is 0 Å². The van der Waals surface area contributed by atoms with Crippen LogP contribution in [0.3, 0.4) is 0 Å². The first-order valence-corrected chi connectivity index (χ1v) is 10.3. The molecule has 1 unspecified atom stereocenters. The van der Waals surface area contributed by atoms with Crippen LogP contribution in [0, 0.1) is 0 Å². The molecule has 7 N–H and O–H groups in total. The molecule has 11 nitrogen and oxygen atoms in total. The molecule has 0 saturated carbocycles. The Bertz CT molecular complexity index is 832. The maximum Gasteiger partial charge on any atom is 0.320 e. The molecule has 6 atom stereocenters. The second kappa shape index (κ2) is 10.9. The average Bonchev–Trinajstić information content (AvgIpc) is 3.17. The van der Waals surface area contributed by atoms with Gasteiger partial charge in [0, 0.05) is 25.3 Å². The van der Waals surface area contributed by atoms with Gasteiger partial charge in [-0.15, -0.1) is 0 Å². The van der Waals surface area contributed by atoms with Gasteiger partial charge in [0.05, 0.1) is 12.6 Å². The second-order valence-electron chi connectivity index (χ2n) is 6.51. The summed E-state index contributed by atoms with van der Waals surface area (Å²) in [5.74, 6) is 0.254. The van der Waals surface area contributed by atoms with Crippen molar-refractivity contribution in [2.75, 3.05) is 23.5 Å². The number of halogens is 1. The van der Waals surface area contributed by atoms with E-state index >= 15 is 0 Å². The quantitative estimate of drug-likeness (QED) is 0.187. The maximum absolute atomic E-state index is 10.8. The van der Waals surface area contributed by atoms with Crippen molar-refractivity contribution in [1.82, 2.24) is 19.5 Å². The van der Waals surface area contributed by atoms with Crippen LogP contribution in [0.4, 0.5) is 5.82 Å². The third-order valence-corrected chi connectivity index (χ3v) is 6.37. The van der Waals surface area contributed by atoms with Crippen LogP contribution >= 0.6 is 0 Å². The molecule has 29 heavy (non-hydrogen) atoms. The number of aromatic nitrogens is 4. The molecule has 0 amide bonds. The number of anilines is 1. The Morgan fingerprint density at radius 2 is 2.03 bits per heavy atom. The number of imidazole rings is 1. The van der Waals surface area contributed by atoms with Crippen molar-refractivity contribution in [3.63, 3.8) is 0 Å². The zero-order valence-electron chi connectivity index (χ0n) is 16.1. The van der Waals surface area contributed by atoms with Crippen LogP contribution in [-0.4, -0.2) is 102 Å². The van der Waals surface area contributed by atoms with Crippen molar-refractivity contribution in [2.45, 2.75) is 37.0 Å². The van der Waals surface area contributed by atoms with E-state index in [0.717, 1.165) is 0 Å². The number of hydrogen-bond donors (Lipinski definition) is 5. The van der Waals surface area contributed by atoms with Crippen LogP contribution in [0.1, 0.15) is 12.6 Å². The van der Waals surface area contributed by atoms with Gasteiger partial charge in [-0.25, -0.2) is 15.0 Å². The van der Waals surface area contributed by atoms with Gasteiger partial charge in [0.15, 0.2) is 17.7 Å². The molecule has 1 aliphatic rings. The number of nitrogens with two attached hydrogens (primary N) is 2. The summed E-state index contributed by atoms with van der Waals surface area (Å²) in [4.78, 5) is 23.0. The van der Waals surface area contributed by atoms with Crippen molar-refractivity contribution < 1.29 is 41.8 Å². The number of aliphatic hydroxyl groups is 2. The van der Waals surface area contributed by atoms with Gasteiger partial charge in [0.1, 0.15) is 47.7 Å². The summed E-state index contributed by atoms with van der Waals surface area (Å²) >= 11 is 0. The molecule has 14 heteroatoms. The van der Waals surface area contributed by atoms with Gasteiger partial charge in [-0.1, -0.05) is 0 Å². The number of aliphatic carboxylic acids is 1. The fourth-order valence-corrected chi connectivity index (χ4v) is 4.63. The van der Waals surface area contributed by atoms with Crippen molar-refractivity contribution in [2.24, 2.45) is 5.73 Å². The summed E-state index contributed by atoms with van der Waals surface area (Å²) in [6, 6.07) is -0.907. The van der Waals surface area contributed by atoms with Gasteiger partial charge >= 0.3 is 5.97 Å². The minimum absolute atomic E-state index is 0. The van der Waals surface area contributed by atoms with E-state index in [1.165, 1.54) is 17.2 Å². The molecule has 2 aromatic heterocycles. The summed E-state index contributed by atoms with van der Waals surface area (Å²) in [6.45, 7) is 0. The minimum Gasteiger partial charge on any atom is -1.00 e. The summed E-state index contributed by atoms with van der Waals surface area (Å²) in [7, 11) is -0.235. The van der Waals surface area contributed by atoms with Crippen LogP contribution in [-0.2, 0) is 20.4 Å². The van der Waals surface area contributed by atoms with Crippen LogP contribution in [0.15, 0.2) is 12.7 Å². The number of carbonyl (C=O) groups is 1. The summed E-state index contributed by atoms with van der Waals surface area (Å²) in [5, 5.41) is 29.7. The molecule has 157 valence electrons. The molecule has 3 rings (SSSR count). The summed E-state index contributed by atoms with van der Waals surface area (Å²) in [6.07, 6.45) is 1.31. The maximum atomic E-state index is 10.8. The topological polar surface area (TPSA) is 183 Å². The number of carboxylic acids is 1. The van der Waals surface area contributed by atoms with E-state index in [9.17, 15) is 15.0 Å². The predicted molar refractivity (Wildman–Crippen MR) is 105 cm³/mol. The van der Waals surface area contributed by atoms with E-state index in [4.69, 9.17) is 21.3 Å². The Hall–Kier alpha value is -0.913. The van der Waals surface area contributed by atoms with Crippen LogP contribution in [0.25, 0.3) is 11.2 Å². The first-order chi connectivity index (χ1) is 12.8. The standard InChI is InChI=1S/C15H22N6O5S.BrH.Li/c1-27(3-2-7(16)15(24)25)4-8-10(22)11(23)14(26-8)21-6-20-9-12(17)18-5-19-13(9)21;;/h5-8,10-11,14,22-23H,2-4,16H2,1H3,(H2-,17,18,19,24,25);1H;/t7-,8+,10+,11+,14+,27?;;/m0../s1. The molecular formula is C15H23BrLiN6O5S. The van der Waals surface area contributed by atoms with E-state index < -0.39 is 36.6 Å². The largest absolute Gasteiger partial charge is 1.00 e. The van der Waals surface area contributed by atoms with E-state index in [0.29, 0.717) is 29.1 Å². The third kappa shape index (κ3) is 5.62. The molecule has 3 heterocycles. The number of rotatable bonds is 7. The van der Waals surface area contributed by atoms with Gasteiger partial charge in [0.2, 0.25) is 0 Å². The predicted octanol–water partition coefficient (Wildman–Crippen LogP) is -5.30. The fraction of sp³-hybridized carbons (Fsp3) is 0.600. The van der Waals surface area contributed by atoms with Crippen molar-refractivity contribution >= 4 is 52.7 Å². The monoisotopic (exact) mass is 485 g/mol.